The molecule has 3 aromatic heterocycles. The predicted octanol–water partition coefficient (Wildman–Crippen LogP) is 9.88. The van der Waals surface area contributed by atoms with Crippen LogP contribution in [0.3, 0.4) is 0 Å². The highest BCUT2D eigenvalue weighted by Crippen LogP contribution is 2.43. The molecule has 0 fully saturated rings. The monoisotopic (exact) mass is 616 g/mol. The van der Waals surface area contributed by atoms with Crippen molar-refractivity contribution in [2.45, 2.75) is 0 Å². The number of hydrogen-bond donors (Lipinski definition) is 1. The lowest BCUT2D eigenvalue weighted by Crippen LogP contribution is -2.20. The van der Waals surface area contributed by atoms with Crippen molar-refractivity contribution in [3.8, 4) is 22.9 Å². The van der Waals surface area contributed by atoms with Gasteiger partial charge in [0.1, 0.15) is 11.4 Å². The fourth-order valence-corrected chi connectivity index (χ4v) is 7.29. The summed E-state index contributed by atoms with van der Waals surface area (Å²) in [6, 6.07) is 52.9. The minimum absolute atomic E-state index is 0.586. The Hall–Kier alpha value is -6.53. The first-order valence-electron chi connectivity index (χ1n) is 16.2. The zero-order chi connectivity index (χ0) is 31.6. The molecule has 0 unspecified atom stereocenters. The molecule has 6 heteroatoms. The molecule has 1 N–H and O–H groups in total. The predicted molar refractivity (Wildman–Crippen MR) is 197 cm³/mol. The summed E-state index contributed by atoms with van der Waals surface area (Å²) in [7, 11) is 0. The molecular formula is C42H28N6. The fraction of sp³-hybridized carbons (Fsp3) is 0.0238. The van der Waals surface area contributed by atoms with Gasteiger partial charge in [-0.3, -0.25) is 4.57 Å². The second kappa shape index (κ2) is 10.5. The van der Waals surface area contributed by atoms with Crippen LogP contribution in [0, 0.1) is 0 Å². The van der Waals surface area contributed by atoms with Gasteiger partial charge in [0.25, 0.3) is 0 Å². The van der Waals surface area contributed by atoms with Crippen molar-refractivity contribution in [3.63, 3.8) is 0 Å². The average Bonchev–Trinajstić information content (AvgIpc) is 3.68. The van der Waals surface area contributed by atoms with E-state index < -0.39 is 0 Å². The Labute approximate surface area is 276 Å². The molecule has 1 aliphatic rings. The van der Waals surface area contributed by atoms with E-state index in [-0.39, 0.29) is 0 Å². The number of rotatable bonds is 4. The molecule has 0 aliphatic carbocycles. The number of aliphatic imine (C=N–C) groups is 1. The number of benzene rings is 6. The number of nitrogens with zero attached hydrogens (tertiary/aromatic N) is 5. The van der Waals surface area contributed by atoms with Crippen molar-refractivity contribution in [2.75, 3.05) is 11.9 Å². The summed E-state index contributed by atoms with van der Waals surface area (Å²) in [5.41, 5.74) is 10.2. The van der Waals surface area contributed by atoms with Gasteiger partial charge < -0.3 is 9.88 Å². The third-order valence-corrected chi connectivity index (χ3v) is 9.39. The maximum atomic E-state index is 5.36. The third kappa shape index (κ3) is 3.96. The number of anilines is 1. The quantitative estimate of drug-likeness (QED) is 0.214. The van der Waals surface area contributed by atoms with E-state index >= 15 is 0 Å². The van der Waals surface area contributed by atoms with Gasteiger partial charge in [-0.15, -0.1) is 0 Å². The SMILES string of the molecule is c1ccc(C2=Nc3nc(-n4c5ccccc5c5ccc6c(c7ccccc7n6-c6ccccc6)c54)nc(-c4ccccc4)c3NC2)cc1. The standard InChI is InChI=1S/C42H28N6/c1-4-14-27(15-5-1)33-26-43-39-38(28-16-6-2-7-17-28)45-42(46-41(39)44-33)48-34-22-12-10-20-30(34)31-24-25-36-37(40(31)48)32-21-11-13-23-35(32)47(36)29-18-8-3-9-19-29/h1-25,43H,26H2. The van der Waals surface area contributed by atoms with E-state index in [9.17, 15) is 0 Å². The van der Waals surface area contributed by atoms with Crippen molar-refractivity contribution < 1.29 is 0 Å². The molecule has 0 atom stereocenters. The first-order chi connectivity index (χ1) is 23.8. The van der Waals surface area contributed by atoms with E-state index in [0.29, 0.717) is 18.3 Å². The average molecular weight is 617 g/mol. The highest BCUT2D eigenvalue weighted by Gasteiger charge is 2.25. The van der Waals surface area contributed by atoms with Gasteiger partial charge in [0.15, 0.2) is 5.82 Å². The van der Waals surface area contributed by atoms with Crippen molar-refractivity contribution in [3.05, 3.63) is 157 Å². The summed E-state index contributed by atoms with van der Waals surface area (Å²) in [6.45, 7) is 0.592. The van der Waals surface area contributed by atoms with Gasteiger partial charge in [-0.05, 0) is 35.9 Å². The van der Waals surface area contributed by atoms with Crippen molar-refractivity contribution >= 4 is 60.8 Å². The molecule has 1 aliphatic heterocycles. The summed E-state index contributed by atoms with van der Waals surface area (Å²) < 4.78 is 4.60. The Bertz CT molecular complexity index is 2710. The number of para-hydroxylation sites is 3. The highest BCUT2D eigenvalue weighted by atomic mass is 15.2. The Morgan fingerprint density at radius 3 is 1.88 bits per heavy atom. The zero-order valence-electron chi connectivity index (χ0n) is 25.9. The van der Waals surface area contributed by atoms with Crippen LogP contribution < -0.4 is 5.32 Å². The van der Waals surface area contributed by atoms with E-state index in [1.807, 2.05) is 36.4 Å². The van der Waals surface area contributed by atoms with Gasteiger partial charge in [-0.1, -0.05) is 121 Å². The van der Waals surface area contributed by atoms with Crippen LogP contribution in [-0.4, -0.2) is 31.4 Å². The summed E-state index contributed by atoms with van der Waals surface area (Å²) in [6.07, 6.45) is 0. The highest BCUT2D eigenvalue weighted by molar-refractivity contribution is 6.26. The lowest BCUT2D eigenvalue weighted by atomic mass is 10.1. The molecule has 9 aromatic rings. The van der Waals surface area contributed by atoms with Gasteiger partial charge in [-0.2, -0.15) is 4.98 Å². The largest absolute Gasteiger partial charge is 0.375 e. The Morgan fingerprint density at radius 1 is 0.500 bits per heavy atom. The van der Waals surface area contributed by atoms with Crippen LogP contribution in [0.1, 0.15) is 5.56 Å². The minimum atomic E-state index is 0.586. The molecular weight excluding hydrogens is 589 g/mol. The van der Waals surface area contributed by atoms with Crippen molar-refractivity contribution in [1.29, 1.82) is 0 Å². The first-order valence-corrected chi connectivity index (χ1v) is 16.2. The van der Waals surface area contributed by atoms with Gasteiger partial charge in [0.05, 0.1) is 34.3 Å². The molecule has 4 heterocycles. The Balaban J connectivity index is 1.34. The second-order valence-corrected chi connectivity index (χ2v) is 12.1. The molecule has 0 radical (unpaired) electrons. The van der Waals surface area contributed by atoms with Crippen LogP contribution in [0.4, 0.5) is 11.5 Å². The fourth-order valence-electron chi connectivity index (χ4n) is 7.29. The lowest BCUT2D eigenvalue weighted by molar-refractivity contribution is 0.986. The number of aromatic nitrogens is 4. The molecule has 10 rings (SSSR count). The van der Waals surface area contributed by atoms with Crippen LogP contribution >= 0.6 is 0 Å². The zero-order valence-corrected chi connectivity index (χ0v) is 25.9. The van der Waals surface area contributed by atoms with E-state index in [1.165, 1.54) is 5.39 Å². The first kappa shape index (κ1) is 26.7. The minimum Gasteiger partial charge on any atom is -0.375 e. The second-order valence-electron chi connectivity index (χ2n) is 12.1. The Kier molecular flexibility index (Phi) is 5.84. The molecule has 48 heavy (non-hydrogen) atoms. The molecule has 0 bridgehead atoms. The van der Waals surface area contributed by atoms with Crippen LogP contribution in [0.2, 0.25) is 0 Å². The summed E-state index contributed by atoms with van der Waals surface area (Å²) in [5.74, 6) is 1.22. The van der Waals surface area contributed by atoms with E-state index in [4.69, 9.17) is 15.0 Å². The van der Waals surface area contributed by atoms with Gasteiger partial charge in [0.2, 0.25) is 5.95 Å². The number of hydrogen-bond acceptors (Lipinski definition) is 4. The molecule has 0 amide bonds. The summed E-state index contributed by atoms with van der Waals surface area (Å²) in [5, 5.41) is 8.28. The Morgan fingerprint density at radius 2 is 1.12 bits per heavy atom. The molecule has 0 saturated heterocycles. The topological polar surface area (TPSA) is 60.0 Å². The molecule has 0 spiro atoms. The van der Waals surface area contributed by atoms with Crippen molar-refractivity contribution in [1.82, 2.24) is 19.1 Å². The van der Waals surface area contributed by atoms with E-state index in [2.05, 4.69) is 130 Å². The van der Waals surface area contributed by atoms with Crippen LogP contribution in [0.25, 0.3) is 66.5 Å². The summed E-state index contributed by atoms with van der Waals surface area (Å²) in [4.78, 5) is 15.8. The molecule has 6 aromatic carbocycles. The van der Waals surface area contributed by atoms with Gasteiger partial charge in [0, 0.05) is 32.8 Å². The van der Waals surface area contributed by atoms with E-state index in [0.717, 1.165) is 72.1 Å². The molecule has 0 saturated carbocycles. The maximum absolute atomic E-state index is 5.36. The van der Waals surface area contributed by atoms with Crippen LogP contribution in [0.15, 0.2) is 157 Å². The van der Waals surface area contributed by atoms with Crippen LogP contribution in [0.5, 0.6) is 0 Å². The smallest absolute Gasteiger partial charge is 0.237 e. The lowest BCUT2D eigenvalue weighted by Gasteiger charge is -2.21. The molecule has 6 nitrogen and oxygen atoms in total. The van der Waals surface area contributed by atoms with Gasteiger partial charge in [-0.25, -0.2) is 9.98 Å². The summed E-state index contributed by atoms with van der Waals surface area (Å²) >= 11 is 0. The maximum Gasteiger partial charge on any atom is 0.237 e. The van der Waals surface area contributed by atoms with Crippen molar-refractivity contribution in [2.24, 2.45) is 4.99 Å². The number of nitrogens with one attached hydrogen (secondary N) is 1. The normalized spacial score (nSPS) is 12.8. The number of fused-ring (bicyclic) bond motifs is 8. The molecule has 226 valence electrons. The van der Waals surface area contributed by atoms with Crippen LogP contribution in [-0.2, 0) is 0 Å². The van der Waals surface area contributed by atoms with Gasteiger partial charge >= 0.3 is 0 Å². The van der Waals surface area contributed by atoms with E-state index in [1.54, 1.807) is 0 Å². The third-order valence-electron chi connectivity index (χ3n) is 9.39.